The predicted molar refractivity (Wildman–Crippen MR) is 95.0 cm³/mol. The number of carbonyl (C=O) groups excluding carboxylic acids is 1. The summed E-state index contributed by atoms with van der Waals surface area (Å²) in [4.78, 5) is 11.9. The quantitative estimate of drug-likeness (QED) is 0.851. The van der Waals surface area contributed by atoms with Crippen LogP contribution in [0.4, 0.5) is 0 Å². The number of hydrogen-bond acceptors (Lipinski definition) is 4. The third-order valence-corrected chi connectivity index (χ3v) is 6.06. The van der Waals surface area contributed by atoms with E-state index in [2.05, 4.69) is 4.72 Å². The fourth-order valence-corrected chi connectivity index (χ4v) is 4.51. The number of rotatable bonds is 4. The van der Waals surface area contributed by atoms with Crippen molar-refractivity contribution in [2.45, 2.75) is 37.1 Å². The minimum Gasteiger partial charge on any atom is -0.465 e. The number of esters is 1. The molecule has 25 heavy (non-hydrogen) atoms. The fourth-order valence-electron chi connectivity index (χ4n) is 3.23. The molecule has 0 aromatic heterocycles. The molecule has 2 aromatic carbocycles. The first-order valence-electron chi connectivity index (χ1n) is 8.21. The van der Waals surface area contributed by atoms with Crippen LogP contribution in [0, 0.1) is 6.92 Å². The van der Waals surface area contributed by atoms with Crippen LogP contribution in [0.2, 0.25) is 0 Å². The maximum absolute atomic E-state index is 12.8. The van der Waals surface area contributed by atoms with Gasteiger partial charge in [-0.05, 0) is 55.0 Å². The molecule has 1 aliphatic carbocycles. The molecule has 0 saturated heterocycles. The molecule has 0 heterocycles. The van der Waals surface area contributed by atoms with Crippen molar-refractivity contribution in [2.75, 3.05) is 7.11 Å². The van der Waals surface area contributed by atoms with Crippen LogP contribution in [0.5, 0.6) is 0 Å². The van der Waals surface area contributed by atoms with Gasteiger partial charge in [-0.2, -0.15) is 0 Å². The van der Waals surface area contributed by atoms with Gasteiger partial charge < -0.3 is 4.74 Å². The summed E-state index contributed by atoms with van der Waals surface area (Å²) in [5, 5.41) is 0. The van der Waals surface area contributed by atoms with Gasteiger partial charge in [0.2, 0.25) is 10.0 Å². The molecule has 6 heteroatoms. The van der Waals surface area contributed by atoms with Crippen LogP contribution >= 0.6 is 0 Å². The second-order valence-corrected chi connectivity index (χ2v) is 7.95. The Hall–Kier alpha value is -2.18. The summed E-state index contributed by atoms with van der Waals surface area (Å²) in [5.74, 6) is -0.544. The second-order valence-electron chi connectivity index (χ2n) is 6.23. The summed E-state index contributed by atoms with van der Waals surface area (Å²) in [7, 11) is -2.46. The molecule has 1 unspecified atom stereocenters. The van der Waals surface area contributed by atoms with E-state index < -0.39 is 16.0 Å². The molecule has 0 amide bonds. The zero-order chi connectivity index (χ0) is 18.0. The molecule has 2 aromatic rings. The van der Waals surface area contributed by atoms with Crippen LogP contribution in [-0.2, 0) is 21.2 Å². The average Bonchev–Trinajstić information content (AvgIpc) is 2.61. The average molecular weight is 359 g/mol. The van der Waals surface area contributed by atoms with Crippen molar-refractivity contribution in [3.05, 3.63) is 64.7 Å². The minimum absolute atomic E-state index is 0.0709. The largest absolute Gasteiger partial charge is 0.465 e. The van der Waals surface area contributed by atoms with Crippen LogP contribution in [-0.4, -0.2) is 21.5 Å². The molecule has 1 atom stereocenters. The van der Waals surface area contributed by atoms with Crippen molar-refractivity contribution in [2.24, 2.45) is 0 Å². The number of ether oxygens (including phenoxy) is 1. The van der Waals surface area contributed by atoms with Crippen LogP contribution < -0.4 is 4.72 Å². The van der Waals surface area contributed by atoms with E-state index in [0.717, 1.165) is 24.8 Å². The number of benzene rings is 2. The molecule has 0 radical (unpaired) electrons. The van der Waals surface area contributed by atoms with Gasteiger partial charge in [0.1, 0.15) is 0 Å². The number of fused-ring (bicyclic) bond motifs is 1. The highest BCUT2D eigenvalue weighted by Gasteiger charge is 2.26. The van der Waals surface area contributed by atoms with Crippen LogP contribution in [0.15, 0.2) is 47.4 Å². The van der Waals surface area contributed by atoms with Gasteiger partial charge in [-0.25, -0.2) is 17.9 Å². The van der Waals surface area contributed by atoms with Crippen molar-refractivity contribution < 1.29 is 17.9 Å². The molecule has 3 rings (SSSR count). The van der Waals surface area contributed by atoms with Gasteiger partial charge in [-0.1, -0.05) is 30.3 Å². The number of nitrogens with one attached hydrogen (secondary N) is 1. The number of hydrogen-bond donors (Lipinski definition) is 1. The third-order valence-electron chi connectivity index (χ3n) is 4.59. The summed E-state index contributed by atoms with van der Waals surface area (Å²) < 4.78 is 33.2. The zero-order valence-electron chi connectivity index (χ0n) is 14.3. The highest BCUT2D eigenvalue weighted by atomic mass is 32.2. The summed E-state index contributed by atoms with van der Waals surface area (Å²) in [6, 6.07) is 12.2. The number of sulfonamides is 1. The second kappa shape index (κ2) is 6.98. The van der Waals surface area contributed by atoms with E-state index in [1.807, 2.05) is 24.3 Å². The molecule has 0 bridgehead atoms. The van der Waals surface area contributed by atoms with E-state index in [4.69, 9.17) is 4.74 Å². The lowest BCUT2D eigenvalue weighted by atomic mass is 9.88. The Kier molecular flexibility index (Phi) is 4.92. The minimum atomic E-state index is -3.74. The molecule has 0 spiro atoms. The summed E-state index contributed by atoms with van der Waals surface area (Å²) >= 11 is 0. The van der Waals surface area contributed by atoms with E-state index >= 15 is 0 Å². The van der Waals surface area contributed by atoms with Crippen molar-refractivity contribution >= 4 is 16.0 Å². The lowest BCUT2D eigenvalue weighted by molar-refractivity contribution is 0.0599. The molecule has 0 saturated carbocycles. The van der Waals surface area contributed by atoms with Gasteiger partial charge in [0.05, 0.1) is 17.6 Å². The Morgan fingerprint density at radius 3 is 2.72 bits per heavy atom. The first-order chi connectivity index (χ1) is 11.9. The molecule has 0 fully saturated rings. The highest BCUT2D eigenvalue weighted by Crippen LogP contribution is 2.31. The van der Waals surface area contributed by atoms with Crippen LogP contribution in [0.1, 0.15) is 45.9 Å². The topological polar surface area (TPSA) is 72.5 Å². The van der Waals surface area contributed by atoms with Gasteiger partial charge >= 0.3 is 5.97 Å². The molecular formula is C19H21NO4S. The standard InChI is InChI=1S/C19H21NO4S/c1-13-10-11-15(12-17(13)19(21)24-2)25(22,23)20-18-9-5-7-14-6-3-4-8-16(14)18/h3-4,6,8,10-12,18,20H,5,7,9H2,1-2H3. The predicted octanol–water partition coefficient (Wildman–Crippen LogP) is 3.14. The molecular weight excluding hydrogens is 338 g/mol. The van der Waals surface area contributed by atoms with Crippen LogP contribution in [0.3, 0.4) is 0 Å². The van der Waals surface area contributed by atoms with Gasteiger partial charge in [0.25, 0.3) is 0 Å². The van der Waals surface area contributed by atoms with Crippen molar-refractivity contribution in [1.29, 1.82) is 0 Å². The van der Waals surface area contributed by atoms with Gasteiger partial charge in [0, 0.05) is 6.04 Å². The van der Waals surface area contributed by atoms with E-state index in [-0.39, 0.29) is 16.5 Å². The number of methoxy groups -OCH3 is 1. The Morgan fingerprint density at radius 2 is 1.96 bits per heavy atom. The summed E-state index contributed by atoms with van der Waals surface area (Å²) in [6.45, 7) is 1.74. The van der Waals surface area contributed by atoms with Gasteiger partial charge in [-0.3, -0.25) is 0 Å². The van der Waals surface area contributed by atoms with E-state index in [9.17, 15) is 13.2 Å². The molecule has 132 valence electrons. The molecule has 0 aliphatic heterocycles. The number of carbonyl (C=O) groups is 1. The third kappa shape index (κ3) is 3.60. The van der Waals surface area contributed by atoms with Crippen molar-refractivity contribution in [1.82, 2.24) is 4.72 Å². The van der Waals surface area contributed by atoms with Gasteiger partial charge in [0.15, 0.2) is 0 Å². The first kappa shape index (κ1) is 17.6. The lowest BCUT2D eigenvalue weighted by Gasteiger charge is -2.26. The van der Waals surface area contributed by atoms with Crippen molar-refractivity contribution in [3.8, 4) is 0 Å². The molecule has 1 aliphatic rings. The highest BCUT2D eigenvalue weighted by molar-refractivity contribution is 7.89. The maximum atomic E-state index is 12.8. The van der Waals surface area contributed by atoms with Crippen LogP contribution in [0.25, 0.3) is 0 Å². The van der Waals surface area contributed by atoms with Gasteiger partial charge in [-0.15, -0.1) is 0 Å². The maximum Gasteiger partial charge on any atom is 0.338 e. The van der Waals surface area contributed by atoms with E-state index in [1.165, 1.54) is 24.8 Å². The summed E-state index contributed by atoms with van der Waals surface area (Å²) in [5.41, 5.74) is 3.14. The normalized spacial score (nSPS) is 17.0. The summed E-state index contributed by atoms with van der Waals surface area (Å²) in [6.07, 6.45) is 2.66. The first-order valence-corrected chi connectivity index (χ1v) is 9.70. The Labute approximate surface area is 148 Å². The monoisotopic (exact) mass is 359 g/mol. The lowest BCUT2D eigenvalue weighted by Crippen LogP contribution is -2.31. The molecule has 5 nitrogen and oxygen atoms in total. The fraction of sp³-hybridized carbons (Fsp3) is 0.316. The van der Waals surface area contributed by atoms with Crippen molar-refractivity contribution in [3.63, 3.8) is 0 Å². The Bertz CT molecular complexity index is 905. The smallest absolute Gasteiger partial charge is 0.338 e. The number of aryl methyl sites for hydroxylation is 2. The SMILES string of the molecule is COC(=O)c1cc(S(=O)(=O)NC2CCCc3ccccc32)ccc1C. The Balaban J connectivity index is 1.92. The van der Waals surface area contributed by atoms with E-state index in [0.29, 0.717) is 5.56 Å². The Morgan fingerprint density at radius 1 is 1.20 bits per heavy atom. The van der Waals surface area contributed by atoms with E-state index in [1.54, 1.807) is 13.0 Å². The zero-order valence-corrected chi connectivity index (χ0v) is 15.1. The molecule has 1 N–H and O–H groups in total.